The van der Waals surface area contributed by atoms with Gasteiger partial charge in [-0.05, 0) is 24.5 Å². The fourth-order valence-corrected chi connectivity index (χ4v) is 2.78. The first kappa shape index (κ1) is 15.7. The number of carbonyl (C=O) groups is 2. The topological polar surface area (TPSA) is 57.6 Å². The Balaban J connectivity index is 2.27. The smallest absolute Gasteiger partial charge is 0.308 e. The van der Waals surface area contributed by atoms with E-state index in [9.17, 15) is 18.4 Å². The second-order valence-electron chi connectivity index (χ2n) is 5.33. The lowest BCUT2D eigenvalue weighted by molar-refractivity contribution is -0.143. The fourth-order valence-electron chi connectivity index (χ4n) is 2.55. The lowest BCUT2D eigenvalue weighted by Crippen LogP contribution is -2.45. The summed E-state index contributed by atoms with van der Waals surface area (Å²) in [7, 11) is 0. The van der Waals surface area contributed by atoms with E-state index < -0.39 is 29.4 Å². The van der Waals surface area contributed by atoms with Crippen LogP contribution in [0.5, 0.6) is 0 Å². The molecule has 0 aromatic heterocycles. The molecule has 7 heteroatoms. The second kappa shape index (κ2) is 5.97. The molecular formula is C14H14ClF2NO3. The first-order valence-electron chi connectivity index (χ1n) is 6.46. The summed E-state index contributed by atoms with van der Waals surface area (Å²) in [5.41, 5.74) is -0.159. The van der Waals surface area contributed by atoms with Gasteiger partial charge in [0.05, 0.1) is 16.5 Å². The maximum absolute atomic E-state index is 13.3. The Kier molecular flexibility index (Phi) is 4.46. The number of carboxylic acid groups (broad SMARTS) is 1. The van der Waals surface area contributed by atoms with Gasteiger partial charge in [-0.2, -0.15) is 0 Å². The highest BCUT2D eigenvalue weighted by atomic mass is 35.5. The van der Waals surface area contributed by atoms with Gasteiger partial charge in [0.25, 0.3) is 5.91 Å². The minimum absolute atomic E-state index is 0.00729. The van der Waals surface area contributed by atoms with E-state index in [0.717, 1.165) is 12.1 Å². The summed E-state index contributed by atoms with van der Waals surface area (Å²) in [6, 6.07) is 1.49. The highest BCUT2D eigenvalue weighted by Gasteiger charge is 2.33. The van der Waals surface area contributed by atoms with Gasteiger partial charge in [0, 0.05) is 13.1 Å². The number of nitrogens with zero attached hydrogens (tertiary/aromatic N) is 1. The van der Waals surface area contributed by atoms with E-state index in [2.05, 4.69) is 0 Å². The maximum Gasteiger partial charge on any atom is 0.308 e. The number of carbonyl (C=O) groups excluding carboxylic acids is 1. The van der Waals surface area contributed by atoms with Gasteiger partial charge >= 0.3 is 5.97 Å². The summed E-state index contributed by atoms with van der Waals surface area (Å²) >= 11 is 5.78. The highest BCUT2D eigenvalue weighted by molar-refractivity contribution is 6.33. The normalized spacial score (nSPS) is 22.2. The standard InChI is InChI=1S/C14H14ClF2NO3/c1-7-2-8(14(20)21)6-18(5-7)13(19)9-3-11(16)12(17)4-10(9)15/h3-4,7-8H,2,5-6H2,1H3,(H,20,21). The van der Waals surface area contributed by atoms with Crippen LogP contribution in [-0.2, 0) is 4.79 Å². The van der Waals surface area contributed by atoms with Crippen LogP contribution in [0.4, 0.5) is 8.78 Å². The van der Waals surface area contributed by atoms with Crippen molar-refractivity contribution in [1.82, 2.24) is 4.90 Å². The number of rotatable bonds is 2. The molecule has 2 rings (SSSR count). The minimum atomic E-state index is -1.16. The minimum Gasteiger partial charge on any atom is -0.481 e. The van der Waals surface area contributed by atoms with Crippen LogP contribution < -0.4 is 0 Å². The molecule has 1 saturated heterocycles. The monoisotopic (exact) mass is 317 g/mol. The summed E-state index contributed by atoms with van der Waals surface area (Å²) in [5.74, 6) is -4.52. The predicted octanol–water partition coefficient (Wildman–Crippen LogP) is 2.80. The highest BCUT2D eigenvalue weighted by Crippen LogP contribution is 2.26. The van der Waals surface area contributed by atoms with Crippen LogP contribution in [-0.4, -0.2) is 35.0 Å². The molecule has 114 valence electrons. The number of carboxylic acids is 1. The molecule has 1 fully saturated rings. The van der Waals surface area contributed by atoms with Gasteiger partial charge in [-0.15, -0.1) is 0 Å². The first-order valence-corrected chi connectivity index (χ1v) is 6.84. The van der Waals surface area contributed by atoms with Gasteiger partial charge in [-0.25, -0.2) is 8.78 Å². The molecule has 2 unspecified atom stereocenters. The molecule has 0 saturated carbocycles. The number of aliphatic carboxylic acids is 1. The number of halogens is 3. The van der Waals surface area contributed by atoms with Gasteiger partial charge in [-0.3, -0.25) is 9.59 Å². The van der Waals surface area contributed by atoms with Crippen molar-refractivity contribution in [3.05, 3.63) is 34.4 Å². The van der Waals surface area contributed by atoms with Crippen LogP contribution >= 0.6 is 11.6 Å². The molecule has 0 radical (unpaired) electrons. The molecule has 21 heavy (non-hydrogen) atoms. The summed E-state index contributed by atoms with van der Waals surface area (Å²) in [5, 5.41) is 8.90. The molecular weight excluding hydrogens is 304 g/mol. The van der Waals surface area contributed by atoms with Crippen molar-refractivity contribution in [1.29, 1.82) is 0 Å². The predicted molar refractivity (Wildman–Crippen MR) is 72.2 cm³/mol. The van der Waals surface area contributed by atoms with Crippen molar-refractivity contribution in [3.8, 4) is 0 Å². The quantitative estimate of drug-likeness (QED) is 0.853. The molecule has 1 aromatic carbocycles. The van der Waals surface area contributed by atoms with Crippen molar-refractivity contribution in [2.45, 2.75) is 13.3 Å². The molecule has 1 aliphatic heterocycles. The average Bonchev–Trinajstić information content (AvgIpc) is 2.41. The number of benzene rings is 1. The molecule has 0 bridgehead atoms. The molecule has 1 amide bonds. The Morgan fingerprint density at radius 1 is 1.29 bits per heavy atom. The third-order valence-electron chi connectivity index (χ3n) is 3.54. The number of likely N-dealkylation sites (tertiary alicyclic amines) is 1. The van der Waals surface area contributed by atoms with Gasteiger partial charge < -0.3 is 10.0 Å². The zero-order valence-electron chi connectivity index (χ0n) is 11.3. The van der Waals surface area contributed by atoms with Gasteiger partial charge in [0.2, 0.25) is 0 Å². The molecule has 4 nitrogen and oxygen atoms in total. The van der Waals surface area contributed by atoms with E-state index in [1.807, 2.05) is 6.92 Å². The van der Waals surface area contributed by atoms with Crippen LogP contribution in [0, 0.1) is 23.5 Å². The third kappa shape index (κ3) is 3.32. The van der Waals surface area contributed by atoms with Crippen molar-refractivity contribution in [3.63, 3.8) is 0 Å². The molecule has 1 N–H and O–H groups in total. The van der Waals surface area contributed by atoms with E-state index in [4.69, 9.17) is 16.7 Å². The fraction of sp³-hybridized carbons (Fsp3) is 0.429. The number of piperidine rings is 1. The van der Waals surface area contributed by atoms with E-state index in [1.54, 1.807) is 0 Å². The van der Waals surface area contributed by atoms with Crippen molar-refractivity contribution in [2.75, 3.05) is 13.1 Å². The Morgan fingerprint density at radius 3 is 2.52 bits per heavy atom. The SMILES string of the molecule is CC1CC(C(=O)O)CN(C(=O)c2cc(F)c(F)cc2Cl)C1. The Labute approximate surface area is 125 Å². The van der Waals surface area contributed by atoms with Gasteiger partial charge in [0.15, 0.2) is 11.6 Å². The Hall–Kier alpha value is -1.69. The number of hydrogen-bond acceptors (Lipinski definition) is 2. The Morgan fingerprint density at radius 2 is 1.90 bits per heavy atom. The van der Waals surface area contributed by atoms with E-state index in [1.165, 1.54) is 4.90 Å². The lowest BCUT2D eigenvalue weighted by Gasteiger charge is -2.34. The molecule has 0 aliphatic carbocycles. The lowest BCUT2D eigenvalue weighted by atomic mass is 9.90. The van der Waals surface area contributed by atoms with Crippen LogP contribution in [0.3, 0.4) is 0 Å². The van der Waals surface area contributed by atoms with Crippen LogP contribution in [0.25, 0.3) is 0 Å². The number of amides is 1. The molecule has 1 aromatic rings. The van der Waals surface area contributed by atoms with Crippen molar-refractivity contribution < 1.29 is 23.5 Å². The van der Waals surface area contributed by atoms with Gasteiger partial charge in [0.1, 0.15) is 0 Å². The first-order chi connectivity index (χ1) is 9.79. The maximum atomic E-state index is 13.3. The molecule has 0 spiro atoms. The summed E-state index contributed by atoms with van der Waals surface area (Å²) in [6.45, 7) is 2.23. The van der Waals surface area contributed by atoms with Gasteiger partial charge in [-0.1, -0.05) is 18.5 Å². The van der Waals surface area contributed by atoms with E-state index in [0.29, 0.717) is 13.0 Å². The van der Waals surface area contributed by atoms with E-state index in [-0.39, 0.29) is 23.0 Å². The molecule has 1 heterocycles. The third-order valence-corrected chi connectivity index (χ3v) is 3.85. The zero-order valence-corrected chi connectivity index (χ0v) is 12.0. The van der Waals surface area contributed by atoms with Crippen molar-refractivity contribution >= 4 is 23.5 Å². The summed E-state index contributed by atoms with van der Waals surface area (Å²) in [4.78, 5) is 24.8. The zero-order chi connectivity index (χ0) is 15.7. The summed E-state index contributed by atoms with van der Waals surface area (Å²) in [6.07, 6.45) is 0.477. The molecule has 1 aliphatic rings. The van der Waals surface area contributed by atoms with Crippen molar-refractivity contribution in [2.24, 2.45) is 11.8 Å². The average molecular weight is 318 g/mol. The summed E-state index contributed by atoms with van der Waals surface area (Å²) < 4.78 is 26.3. The largest absolute Gasteiger partial charge is 0.481 e. The Bertz CT molecular complexity index is 594. The van der Waals surface area contributed by atoms with E-state index >= 15 is 0 Å². The number of hydrogen-bond donors (Lipinski definition) is 1. The molecule has 2 atom stereocenters. The second-order valence-corrected chi connectivity index (χ2v) is 5.74. The van der Waals surface area contributed by atoms with Crippen LogP contribution in [0.2, 0.25) is 5.02 Å². The van der Waals surface area contributed by atoms with Crippen LogP contribution in [0.1, 0.15) is 23.7 Å². The van der Waals surface area contributed by atoms with Crippen LogP contribution in [0.15, 0.2) is 12.1 Å².